The summed E-state index contributed by atoms with van der Waals surface area (Å²) >= 11 is 0. The molecule has 1 aliphatic heterocycles. The van der Waals surface area contributed by atoms with Crippen LogP contribution in [0.4, 0.5) is 0 Å². The molecule has 0 aromatic heterocycles. The largest absolute Gasteiger partial charge is 0.313 e. The molecule has 2 rings (SSSR count). The average Bonchev–Trinajstić information content (AvgIpc) is 1.76. The first-order valence-electron chi connectivity index (χ1n) is 3.65. The molecule has 1 heterocycles. The second-order valence-corrected chi connectivity index (χ2v) is 3.10. The summed E-state index contributed by atoms with van der Waals surface area (Å²) in [6.45, 7) is 3.60. The van der Waals surface area contributed by atoms with Crippen molar-refractivity contribution in [1.29, 1.82) is 0 Å². The van der Waals surface area contributed by atoms with Crippen molar-refractivity contribution >= 4 is 0 Å². The van der Waals surface area contributed by atoms with Gasteiger partial charge in [-0.3, -0.25) is 0 Å². The number of fused-ring (bicyclic) bond motifs is 1. The van der Waals surface area contributed by atoms with Gasteiger partial charge in [-0.1, -0.05) is 13.3 Å². The molecule has 3 unspecified atom stereocenters. The number of hydrogen-bond acceptors (Lipinski definition) is 1. The van der Waals surface area contributed by atoms with Gasteiger partial charge in [-0.25, -0.2) is 0 Å². The van der Waals surface area contributed by atoms with Crippen molar-refractivity contribution in [1.82, 2.24) is 5.32 Å². The van der Waals surface area contributed by atoms with Crippen LogP contribution in [0.5, 0.6) is 0 Å². The molecule has 1 N–H and O–H groups in total. The molecule has 46 valence electrons. The number of rotatable bonds is 1. The molecular weight excluding hydrogens is 98.1 g/mol. The average molecular weight is 111 g/mol. The highest BCUT2D eigenvalue weighted by Gasteiger charge is 2.45. The Bertz CT molecular complexity index is 98.6. The Kier molecular flexibility index (Phi) is 0.884. The molecule has 8 heavy (non-hydrogen) atoms. The quantitative estimate of drug-likeness (QED) is 0.532. The first-order valence-corrected chi connectivity index (χ1v) is 3.65. The molecule has 1 heteroatoms. The zero-order chi connectivity index (χ0) is 5.56. The highest BCUT2D eigenvalue weighted by molar-refractivity contribution is 5.02. The Morgan fingerprint density at radius 3 is 2.62 bits per heavy atom. The molecular formula is C7H13N. The van der Waals surface area contributed by atoms with Crippen LogP contribution >= 0.6 is 0 Å². The van der Waals surface area contributed by atoms with E-state index in [1.165, 1.54) is 19.4 Å². The van der Waals surface area contributed by atoms with Gasteiger partial charge in [0.1, 0.15) is 0 Å². The lowest BCUT2D eigenvalue weighted by Crippen LogP contribution is -2.64. The van der Waals surface area contributed by atoms with Gasteiger partial charge in [0.25, 0.3) is 0 Å². The lowest BCUT2D eigenvalue weighted by molar-refractivity contribution is 0.0268. The normalized spacial score (nSPS) is 51.4. The molecule has 0 spiro atoms. The Balaban J connectivity index is 1.89. The minimum Gasteiger partial charge on any atom is -0.313 e. The highest BCUT2D eigenvalue weighted by Crippen LogP contribution is 2.41. The number of hydrogen-bond donors (Lipinski definition) is 1. The van der Waals surface area contributed by atoms with Gasteiger partial charge in [-0.05, 0) is 24.8 Å². The highest BCUT2D eigenvalue weighted by atomic mass is 15.0. The third kappa shape index (κ3) is 0.408. The van der Waals surface area contributed by atoms with E-state index in [1.807, 2.05) is 0 Å². The Morgan fingerprint density at radius 1 is 1.62 bits per heavy atom. The van der Waals surface area contributed by atoms with Crippen LogP contribution < -0.4 is 5.32 Å². The van der Waals surface area contributed by atoms with Crippen molar-refractivity contribution in [3.8, 4) is 0 Å². The predicted octanol–water partition coefficient (Wildman–Crippen LogP) is 1.00. The molecule has 3 atom stereocenters. The van der Waals surface area contributed by atoms with E-state index in [1.54, 1.807) is 0 Å². The maximum absolute atomic E-state index is 3.45. The zero-order valence-electron chi connectivity index (χ0n) is 5.35. The first kappa shape index (κ1) is 4.80. The van der Waals surface area contributed by atoms with Gasteiger partial charge >= 0.3 is 0 Å². The van der Waals surface area contributed by atoms with Crippen LogP contribution in [0.3, 0.4) is 0 Å². The minimum absolute atomic E-state index is 0.944. The van der Waals surface area contributed by atoms with E-state index in [0.29, 0.717) is 0 Å². The summed E-state index contributed by atoms with van der Waals surface area (Å²) in [6.07, 6.45) is 2.89. The Morgan fingerprint density at radius 2 is 2.50 bits per heavy atom. The van der Waals surface area contributed by atoms with E-state index in [0.717, 1.165) is 17.9 Å². The zero-order valence-corrected chi connectivity index (χ0v) is 5.35. The molecule has 0 aromatic carbocycles. The van der Waals surface area contributed by atoms with Crippen LogP contribution in [0.25, 0.3) is 0 Å². The molecule has 1 aliphatic carbocycles. The van der Waals surface area contributed by atoms with Crippen LogP contribution in [0, 0.1) is 11.8 Å². The third-order valence-electron chi connectivity index (χ3n) is 2.76. The van der Waals surface area contributed by atoms with Crippen LogP contribution in [-0.2, 0) is 0 Å². The molecule has 1 saturated heterocycles. The fraction of sp³-hybridized carbons (Fsp3) is 1.00. The lowest BCUT2D eigenvalue weighted by atomic mass is 9.64. The van der Waals surface area contributed by atoms with Crippen molar-refractivity contribution in [2.24, 2.45) is 11.8 Å². The van der Waals surface area contributed by atoms with Gasteiger partial charge in [-0.15, -0.1) is 0 Å². The summed E-state index contributed by atoms with van der Waals surface area (Å²) in [7, 11) is 0. The molecule has 1 saturated carbocycles. The second kappa shape index (κ2) is 1.47. The van der Waals surface area contributed by atoms with E-state index in [4.69, 9.17) is 0 Å². The maximum Gasteiger partial charge on any atom is 0.0136 e. The molecule has 0 bridgehead atoms. The van der Waals surface area contributed by atoms with Crippen molar-refractivity contribution in [2.45, 2.75) is 25.8 Å². The van der Waals surface area contributed by atoms with Crippen molar-refractivity contribution < 1.29 is 0 Å². The third-order valence-corrected chi connectivity index (χ3v) is 2.76. The van der Waals surface area contributed by atoms with Gasteiger partial charge in [0.05, 0.1) is 0 Å². The Hall–Kier alpha value is -0.0400. The Labute approximate surface area is 50.5 Å². The van der Waals surface area contributed by atoms with Crippen LogP contribution in [-0.4, -0.2) is 12.6 Å². The van der Waals surface area contributed by atoms with Crippen LogP contribution in [0.15, 0.2) is 0 Å². The van der Waals surface area contributed by atoms with Gasteiger partial charge in [-0.2, -0.15) is 0 Å². The monoisotopic (exact) mass is 111 g/mol. The molecule has 0 amide bonds. The number of nitrogens with one attached hydrogen (secondary N) is 1. The van der Waals surface area contributed by atoms with Crippen molar-refractivity contribution in [3.63, 3.8) is 0 Å². The summed E-state index contributed by atoms with van der Waals surface area (Å²) in [4.78, 5) is 0. The van der Waals surface area contributed by atoms with E-state index >= 15 is 0 Å². The molecule has 0 radical (unpaired) electrons. The summed E-state index contributed by atoms with van der Waals surface area (Å²) in [5, 5.41) is 3.45. The summed E-state index contributed by atoms with van der Waals surface area (Å²) in [6, 6.07) is 0.944. The maximum atomic E-state index is 3.45. The predicted molar refractivity (Wildman–Crippen MR) is 33.7 cm³/mol. The van der Waals surface area contributed by atoms with Crippen LogP contribution in [0.1, 0.15) is 19.8 Å². The first-order chi connectivity index (χ1) is 3.92. The van der Waals surface area contributed by atoms with E-state index in [9.17, 15) is 0 Å². The lowest BCUT2D eigenvalue weighted by Gasteiger charge is -2.53. The van der Waals surface area contributed by atoms with Crippen molar-refractivity contribution in [3.05, 3.63) is 0 Å². The standard InChI is InChI=1S/C7H13N/c1-2-5-3-6-4-8-7(5)6/h5-8H,2-4H2,1H3. The molecule has 2 fully saturated rings. The fourth-order valence-electron chi connectivity index (χ4n) is 1.96. The van der Waals surface area contributed by atoms with Crippen LogP contribution in [0.2, 0.25) is 0 Å². The number of piperidine rings is 1. The van der Waals surface area contributed by atoms with E-state index < -0.39 is 0 Å². The molecule has 1 nitrogen and oxygen atoms in total. The van der Waals surface area contributed by atoms with Gasteiger partial charge in [0.2, 0.25) is 0 Å². The fourth-order valence-corrected chi connectivity index (χ4v) is 1.96. The van der Waals surface area contributed by atoms with Gasteiger partial charge < -0.3 is 5.32 Å². The van der Waals surface area contributed by atoms with Gasteiger partial charge in [0.15, 0.2) is 0 Å². The summed E-state index contributed by atoms with van der Waals surface area (Å²) < 4.78 is 0. The SMILES string of the molecule is CCC1CC2CNC12. The minimum atomic E-state index is 0.944. The molecule has 0 aromatic rings. The van der Waals surface area contributed by atoms with E-state index in [-0.39, 0.29) is 0 Å². The summed E-state index contributed by atoms with van der Waals surface area (Å²) in [5.74, 6) is 2.12. The van der Waals surface area contributed by atoms with Crippen molar-refractivity contribution in [2.75, 3.05) is 6.54 Å². The van der Waals surface area contributed by atoms with Gasteiger partial charge in [0, 0.05) is 6.04 Å². The molecule has 2 aliphatic rings. The summed E-state index contributed by atoms with van der Waals surface area (Å²) in [5.41, 5.74) is 0. The second-order valence-electron chi connectivity index (χ2n) is 3.10. The smallest absolute Gasteiger partial charge is 0.0136 e. The van der Waals surface area contributed by atoms with E-state index in [2.05, 4.69) is 12.2 Å². The topological polar surface area (TPSA) is 12.0 Å².